The van der Waals surface area contributed by atoms with Crippen molar-refractivity contribution in [2.45, 2.75) is 78.1 Å². The lowest BCUT2D eigenvalue weighted by Gasteiger charge is -2.08. The first-order valence-corrected chi connectivity index (χ1v) is 15.0. The Kier molecular flexibility index (Phi) is 29.8. The second kappa shape index (κ2) is 30.6. The highest BCUT2D eigenvalue weighted by molar-refractivity contribution is 5.66. The minimum absolute atomic E-state index is 0.273. The van der Waals surface area contributed by atoms with Gasteiger partial charge in [-0.3, -0.25) is 0 Å². The average molecular weight is 585 g/mol. The van der Waals surface area contributed by atoms with Gasteiger partial charge in [0.2, 0.25) is 0 Å². The summed E-state index contributed by atoms with van der Waals surface area (Å²) >= 11 is 0. The summed E-state index contributed by atoms with van der Waals surface area (Å²) in [7, 11) is 1.85. The Hall–Kier alpha value is -3.31. The minimum atomic E-state index is -1.45. The topological polar surface area (TPSA) is 24.1 Å². The van der Waals surface area contributed by atoms with E-state index in [0.717, 1.165) is 30.8 Å². The molecule has 1 aromatic rings. The van der Waals surface area contributed by atoms with Gasteiger partial charge in [0.1, 0.15) is 0 Å². The van der Waals surface area contributed by atoms with Crippen LogP contribution in [0.3, 0.4) is 0 Å². The van der Waals surface area contributed by atoms with Gasteiger partial charge >= 0.3 is 0 Å². The Morgan fingerprint density at radius 1 is 0.833 bits per heavy atom. The van der Waals surface area contributed by atoms with Gasteiger partial charge in [-0.15, -0.1) is 6.58 Å². The highest BCUT2D eigenvalue weighted by atomic mass is 19.2. The van der Waals surface area contributed by atoms with Crippen molar-refractivity contribution in [1.82, 2.24) is 10.6 Å². The summed E-state index contributed by atoms with van der Waals surface area (Å²) in [5.41, 5.74) is 1.79. The molecule has 0 aromatic heterocycles. The van der Waals surface area contributed by atoms with Crippen molar-refractivity contribution in [2.75, 3.05) is 20.1 Å². The van der Waals surface area contributed by atoms with E-state index in [9.17, 15) is 13.2 Å². The van der Waals surface area contributed by atoms with Gasteiger partial charge in [0.05, 0.1) is 0 Å². The molecule has 0 heterocycles. The third-order valence-corrected chi connectivity index (χ3v) is 6.01. The largest absolute Gasteiger partial charge is 0.394 e. The predicted molar refractivity (Wildman–Crippen MR) is 181 cm³/mol. The molecular formula is C37H55F3N2. The van der Waals surface area contributed by atoms with E-state index in [-0.39, 0.29) is 5.56 Å². The first kappa shape index (κ1) is 40.8. The van der Waals surface area contributed by atoms with Crippen molar-refractivity contribution in [2.24, 2.45) is 0 Å². The second-order valence-electron chi connectivity index (χ2n) is 9.56. The molecule has 0 radical (unpaired) electrons. The van der Waals surface area contributed by atoms with E-state index in [0.29, 0.717) is 12.0 Å². The molecule has 0 bridgehead atoms. The number of hydrogen-bond acceptors (Lipinski definition) is 2. The molecule has 0 spiro atoms. The molecule has 5 heteroatoms. The zero-order valence-electron chi connectivity index (χ0n) is 26.4. The molecule has 0 aliphatic rings. The van der Waals surface area contributed by atoms with Crippen LogP contribution in [0.2, 0.25) is 0 Å². The number of allylic oxidation sites excluding steroid dienone is 10. The molecule has 234 valence electrons. The fourth-order valence-corrected chi connectivity index (χ4v) is 3.69. The summed E-state index contributed by atoms with van der Waals surface area (Å²) < 4.78 is 39.0. The van der Waals surface area contributed by atoms with Crippen LogP contribution in [0.1, 0.15) is 83.6 Å². The normalized spacial score (nSPS) is 11.1. The Morgan fingerprint density at radius 2 is 1.40 bits per heavy atom. The van der Waals surface area contributed by atoms with Gasteiger partial charge in [-0.2, -0.15) is 0 Å². The number of nitrogens with one attached hydrogen (secondary N) is 2. The third-order valence-electron chi connectivity index (χ3n) is 6.01. The first-order chi connectivity index (χ1) is 20.3. The third kappa shape index (κ3) is 24.5. The van der Waals surface area contributed by atoms with E-state index in [1.54, 1.807) is 6.08 Å². The lowest BCUT2D eigenvalue weighted by molar-refractivity contribution is 0.446. The number of unbranched alkanes of at least 4 members (excludes halogenated alkanes) is 8. The molecule has 0 atom stereocenters. The summed E-state index contributed by atoms with van der Waals surface area (Å²) in [6.07, 6.45) is 31.6. The lowest BCUT2D eigenvalue weighted by Crippen LogP contribution is -2.14. The Labute approximate surface area is 255 Å². The smallest absolute Gasteiger partial charge is 0.194 e. The maximum Gasteiger partial charge on any atom is 0.194 e. The summed E-state index contributed by atoms with van der Waals surface area (Å²) in [6, 6.07) is 1.92. The van der Waals surface area contributed by atoms with Gasteiger partial charge in [-0.25, -0.2) is 13.2 Å². The van der Waals surface area contributed by atoms with E-state index >= 15 is 0 Å². The fourth-order valence-electron chi connectivity index (χ4n) is 3.69. The molecule has 0 aliphatic heterocycles. The second-order valence-corrected chi connectivity index (χ2v) is 9.56. The van der Waals surface area contributed by atoms with E-state index in [1.807, 2.05) is 69.6 Å². The molecular weight excluding hydrogens is 529 g/mol. The monoisotopic (exact) mass is 584 g/mol. The number of hydrogen-bond donors (Lipinski definition) is 2. The van der Waals surface area contributed by atoms with E-state index in [4.69, 9.17) is 0 Å². The van der Waals surface area contributed by atoms with Crippen LogP contribution in [0, 0.1) is 17.5 Å². The number of benzene rings is 1. The Morgan fingerprint density at radius 3 is 1.88 bits per heavy atom. The van der Waals surface area contributed by atoms with Crippen molar-refractivity contribution in [3.05, 3.63) is 128 Å². The molecule has 0 aliphatic carbocycles. The van der Waals surface area contributed by atoms with Crippen LogP contribution in [0.4, 0.5) is 13.2 Å². The maximum atomic E-state index is 13.1. The van der Waals surface area contributed by atoms with Gasteiger partial charge in [-0.1, -0.05) is 107 Å². The highest BCUT2D eigenvalue weighted by Crippen LogP contribution is 2.24. The Balaban J connectivity index is 0. The molecule has 0 amide bonds. The van der Waals surface area contributed by atoms with Crippen LogP contribution >= 0.6 is 0 Å². The maximum absolute atomic E-state index is 13.1. The van der Waals surface area contributed by atoms with Crippen LogP contribution in [0.15, 0.2) is 105 Å². The summed E-state index contributed by atoms with van der Waals surface area (Å²) in [5, 5.41) is 6.22. The van der Waals surface area contributed by atoms with Crippen molar-refractivity contribution >= 4 is 5.57 Å². The van der Waals surface area contributed by atoms with Crippen LogP contribution < -0.4 is 10.6 Å². The molecule has 2 nitrogen and oxygen atoms in total. The summed E-state index contributed by atoms with van der Waals surface area (Å²) in [6.45, 7) is 20.5. The van der Waals surface area contributed by atoms with Gasteiger partial charge in [0.15, 0.2) is 17.5 Å². The molecule has 2 N–H and O–H groups in total. The zero-order valence-corrected chi connectivity index (χ0v) is 26.4. The molecule has 0 saturated carbocycles. The van der Waals surface area contributed by atoms with Crippen molar-refractivity contribution in [3.63, 3.8) is 0 Å². The minimum Gasteiger partial charge on any atom is -0.394 e. The quantitative estimate of drug-likeness (QED) is 0.0689. The van der Waals surface area contributed by atoms with Crippen LogP contribution in [-0.4, -0.2) is 20.1 Å². The number of halogens is 3. The van der Waals surface area contributed by atoms with E-state index < -0.39 is 17.5 Å². The number of rotatable bonds is 20. The van der Waals surface area contributed by atoms with Crippen molar-refractivity contribution in [3.8, 4) is 0 Å². The van der Waals surface area contributed by atoms with Crippen LogP contribution in [0.25, 0.3) is 5.57 Å². The lowest BCUT2D eigenvalue weighted by atomic mass is 9.99. The predicted octanol–water partition coefficient (Wildman–Crippen LogP) is 11.0. The summed E-state index contributed by atoms with van der Waals surface area (Å²) in [4.78, 5) is 0. The van der Waals surface area contributed by atoms with E-state index in [1.165, 1.54) is 57.8 Å². The Bertz CT molecular complexity index is 964. The SMILES string of the molecule is C=C(CC(/C=C\C)=C/C)c1cc(F)c(F)c(F)c1.C=C/C=C/NC.C=C/C=C\CNCCCCCCCCCCC=C. The molecule has 0 fully saturated rings. The molecule has 1 rings (SSSR count). The van der Waals surface area contributed by atoms with Gasteiger partial charge in [0.25, 0.3) is 0 Å². The van der Waals surface area contributed by atoms with Crippen molar-refractivity contribution < 1.29 is 13.2 Å². The highest BCUT2D eigenvalue weighted by Gasteiger charge is 2.12. The van der Waals surface area contributed by atoms with E-state index in [2.05, 4.69) is 43.0 Å². The molecule has 1 aromatic carbocycles. The van der Waals surface area contributed by atoms with Crippen LogP contribution in [0.5, 0.6) is 0 Å². The van der Waals surface area contributed by atoms with Gasteiger partial charge in [0, 0.05) is 13.6 Å². The average Bonchev–Trinajstić information content (AvgIpc) is 2.99. The first-order valence-electron chi connectivity index (χ1n) is 15.0. The molecule has 0 unspecified atom stereocenters. The van der Waals surface area contributed by atoms with Gasteiger partial charge in [-0.05, 0) is 87.2 Å². The van der Waals surface area contributed by atoms with Crippen LogP contribution in [-0.2, 0) is 0 Å². The standard InChI is InChI=1S/C17H31N.C15H15F3.C5H9N/c1-3-5-7-8-9-10-11-12-13-15-17-18-16-14-6-4-2;1-4-6-11(5-2)7-10(3)12-8-13(16)15(18)14(17)9-12;1-3-4-5-6-2/h3-4,6,14,18H,1-2,5,7-13,15-17H2;4-6,8-9H,3,7H2,1-2H3;3-6H,1H2,2H3/b14-6-;6-4-,11-5+;5-4+. The zero-order chi connectivity index (χ0) is 31.8. The summed E-state index contributed by atoms with van der Waals surface area (Å²) in [5.74, 6) is -3.84. The molecule has 0 saturated heterocycles. The van der Waals surface area contributed by atoms with Crippen molar-refractivity contribution in [1.29, 1.82) is 0 Å². The fraction of sp³-hybridized carbons (Fsp3) is 0.405. The van der Waals surface area contributed by atoms with Gasteiger partial charge < -0.3 is 10.6 Å². The molecule has 42 heavy (non-hydrogen) atoms.